The fraction of sp³-hybridized carbons (Fsp3) is 0.333. The van der Waals surface area contributed by atoms with Gasteiger partial charge < -0.3 is 15.5 Å². The molecule has 0 aromatic heterocycles. The van der Waals surface area contributed by atoms with Crippen molar-refractivity contribution in [1.29, 1.82) is 0 Å². The molecule has 2 atom stereocenters. The molecule has 116 valence electrons. The van der Waals surface area contributed by atoms with Gasteiger partial charge in [0.15, 0.2) is 0 Å². The Balaban J connectivity index is 1.48. The lowest BCUT2D eigenvalue weighted by molar-refractivity contribution is 0.173. The molecule has 1 aliphatic rings. The number of aliphatic hydroxyl groups is 1. The molecule has 3 rings (SSSR count). The van der Waals surface area contributed by atoms with Gasteiger partial charge in [0.1, 0.15) is 5.75 Å². The van der Waals surface area contributed by atoms with E-state index < -0.39 is 6.10 Å². The smallest absolute Gasteiger partial charge is 0.115 e. The standard InChI is InChI=1S/C18H20ClNO2/c19-16-3-1-2-14(8-16)18(22)11-20-10-12-6-13-4-5-17(21)9-15(13)7-12/h1-5,8-9,12,18,20-22H,6-7,10-11H2. The van der Waals surface area contributed by atoms with Gasteiger partial charge in [-0.1, -0.05) is 29.8 Å². The van der Waals surface area contributed by atoms with Crippen molar-refractivity contribution in [2.45, 2.75) is 18.9 Å². The van der Waals surface area contributed by atoms with Crippen molar-refractivity contribution in [1.82, 2.24) is 5.32 Å². The van der Waals surface area contributed by atoms with E-state index in [0.29, 0.717) is 23.2 Å². The molecule has 0 heterocycles. The number of halogens is 1. The Morgan fingerprint density at radius 3 is 2.77 bits per heavy atom. The molecule has 2 aromatic rings. The highest BCUT2D eigenvalue weighted by atomic mass is 35.5. The van der Waals surface area contributed by atoms with Crippen molar-refractivity contribution < 1.29 is 10.2 Å². The van der Waals surface area contributed by atoms with Crippen molar-refractivity contribution in [3.8, 4) is 5.75 Å². The molecule has 0 saturated heterocycles. The Labute approximate surface area is 135 Å². The molecule has 0 saturated carbocycles. The number of hydrogen-bond donors (Lipinski definition) is 3. The van der Waals surface area contributed by atoms with Gasteiger partial charge in [0.05, 0.1) is 6.10 Å². The SMILES string of the molecule is Oc1ccc2c(c1)CC(CNCC(O)c1cccc(Cl)c1)C2. The first-order valence-corrected chi connectivity index (χ1v) is 7.94. The number of hydrogen-bond acceptors (Lipinski definition) is 3. The molecule has 0 radical (unpaired) electrons. The third-order valence-corrected chi connectivity index (χ3v) is 4.45. The molecule has 3 N–H and O–H groups in total. The van der Waals surface area contributed by atoms with Crippen molar-refractivity contribution in [3.63, 3.8) is 0 Å². The van der Waals surface area contributed by atoms with Crippen LogP contribution in [0.1, 0.15) is 22.8 Å². The highest BCUT2D eigenvalue weighted by Crippen LogP contribution is 2.29. The number of phenols is 1. The van der Waals surface area contributed by atoms with Crippen LogP contribution in [0, 0.1) is 5.92 Å². The van der Waals surface area contributed by atoms with Gasteiger partial charge in [0.2, 0.25) is 0 Å². The number of rotatable bonds is 5. The van der Waals surface area contributed by atoms with Gasteiger partial charge in [0, 0.05) is 11.6 Å². The van der Waals surface area contributed by atoms with E-state index in [-0.39, 0.29) is 0 Å². The molecule has 4 heteroatoms. The minimum atomic E-state index is -0.550. The number of phenolic OH excluding ortho intramolecular Hbond substituents is 1. The van der Waals surface area contributed by atoms with Crippen molar-refractivity contribution in [2.75, 3.05) is 13.1 Å². The zero-order valence-electron chi connectivity index (χ0n) is 12.3. The second kappa shape index (κ2) is 6.69. The Morgan fingerprint density at radius 1 is 1.14 bits per heavy atom. The Morgan fingerprint density at radius 2 is 1.95 bits per heavy atom. The summed E-state index contributed by atoms with van der Waals surface area (Å²) >= 11 is 5.94. The van der Waals surface area contributed by atoms with E-state index in [1.807, 2.05) is 24.3 Å². The van der Waals surface area contributed by atoms with Gasteiger partial charge in [-0.2, -0.15) is 0 Å². The van der Waals surface area contributed by atoms with Crippen molar-refractivity contribution in [3.05, 3.63) is 64.2 Å². The van der Waals surface area contributed by atoms with Crippen LogP contribution in [0.2, 0.25) is 5.02 Å². The predicted molar refractivity (Wildman–Crippen MR) is 88.3 cm³/mol. The summed E-state index contributed by atoms with van der Waals surface area (Å²) in [7, 11) is 0. The van der Waals surface area contributed by atoms with E-state index in [2.05, 4.69) is 5.32 Å². The van der Waals surface area contributed by atoms with Crippen LogP contribution >= 0.6 is 11.6 Å². The summed E-state index contributed by atoms with van der Waals surface area (Å²) in [4.78, 5) is 0. The molecular weight excluding hydrogens is 298 g/mol. The maximum absolute atomic E-state index is 10.2. The number of nitrogens with one attached hydrogen (secondary N) is 1. The van der Waals surface area contributed by atoms with Gasteiger partial charge in [-0.25, -0.2) is 0 Å². The summed E-state index contributed by atoms with van der Waals surface area (Å²) in [5.41, 5.74) is 3.39. The second-order valence-electron chi connectivity index (χ2n) is 5.96. The summed E-state index contributed by atoms with van der Waals surface area (Å²) in [6.07, 6.45) is 1.45. The summed E-state index contributed by atoms with van der Waals surface area (Å²) in [6, 6.07) is 12.9. The average molecular weight is 318 g/mol. The lowest BCUT2D eigenvalue weighted by Crippen LogP contribution is -2.27. The highest BCUT2D eigenvalue weighted by molar-refractivity contribution is 6.30. The molecule has 2 unspecified atom stereocenters. The summed E-state index contributed by atoms with van der Waals surface area (Å²) in [5.74, 6) is 0.854. The van der Waals surface area contributed by atoms with E-state index in [4.69, 9.17) is 11.6 Å². The highest BCUT2D eigenvalue weighted by Gasteiger charge is 2.21. The summed E-state index contributed by atoms with van der Waals surface area (Å²) in [6.45, 7) is 1.37. The van der Waals surface area contributed by atoms with Crippen LogP contribution < -0.4 is 5.32 Å². The third kappa shape index (κ3) is 3.61. The maximum Gasteiger partial charge on any atom is 0.115 e. The first-order valence-electron chi connectivity index (χ1n) is 7.57. The number of aromatic hydroxyl groups is 1. The summed E-state index contributed by atoms with van der Waals surface area (Å²) < 4.78 is 0. The van der Waals surface area contributed by atoms with E-state index in [1.54, 1.807) is 18.2 Å². The van der Waals surface area contributed by atoms with Crippen LogP contribution in [-0.4, -0.2) is 23.3 Å². The van der Waals surface area contributed by atoms with Crippen LogP contribution in [0.25, 0.3) is 0 Å². The summed E-state index contributed by atoms with van der Waals surface area (Å²) in [5, 5.41) is 23.7. The quantitative estimate of drug-likeness (QED) is 0.794. The number of aliphatic hydroxyl groups excluding tert-OH is 1. The molecule has 0 fully saturated rings. The molecule has 1 aliphatic carbocycles. The molecule has 3 nitrogen and oxygen atoms in total. The lowest BCUT2D eigenvalue weighted by Gasteiger charge is -2.15. The Hall–Kier alpha value is -1.55. The fourth-order valence-corrected chi connectivity index (χ4v) is 3.29. The van der Waals surface area contributed by atoms with Crippen molar-refractivity contribution in [2.24, 2.45) is 5.92 Å². The van der Waals surface area contributed by atoms with Gasteiger partial charge in [-0.3, -0.25) is 0 Å². The van der Waals surface area contributed by atoms with Crippen LogP contribution in [0.4, 0.5) is 0 Å². The number of fused-ring (bicyclic) bond motifs is 1. The van der Waals surface area contributed by atoms with Crippen LogP contribution in [0.3, 0.4) is 0 Å². The molecule has 0 bridgehead atoms. The minimum absolute atomic E-state index is 0.337. The van der Waals surface area contributed by atoms with Crippen LogP contribution in [0.15, 0.2) is 42.5 Å². The Kier molecular flexibility index (Phi) is 4.67. The topological polar surface area (TPSA) is 52.5 Å². The second-order valence-corrected chi connectivity index (χ2v) is 6.39. The number of benzene rings is 2. The van der Waals surface area contributed by atoms with E-state index in [9.17, 15) is 10.2 Å². The molecule has 0 aliphatic heterocycles. The first-order chi connectivity index (χ1) is 10.6. The van der Waals surface area contributed by atoms with E-state index in [0.717, 1.165) is 24.9 Å². The van der Waals surface area contributed by atoms with Gasteiger partial charge in [-0.15, -0.1) is 0 Å². The minimum Gasteiger partial charge on any atom is -0.508 e. The van der Waals surface area contributed by atoms with Crippen molar-refractivity contribution >= 4 is 11.6 Å². The monoisotopic (exact) mass is 317 g/mol. The third-order valence-electron chi connectivity index (χ3n) is 4.21. The molecule has 2 aromatic carbocycles. The van der Waals surface area contributed by atoms with Crippen LogP contribution in [0.5, 0.6) is 5.75 Å². The average Bonchev–Trinajstić information content (AvgIpc) is 2.89. The zero-order chi connectivity index (χ0) is 15.5. The molecule has 0 amide bonds. The van der Waals surface area contributed by atoms with Crippen LogP contribution in [-0.2, 0) is 12.8 Å². The molecule has 22 heavy (non-hydrogen) atoms. The normalized spacial score (nSPS) is 18.2. The first kappa shape index (κ1) is 15.3. The van der Waals surface area contributed by atoms with Gasteiger partial charge >= 0.3 is 0 Å². The van der Waals surface area contributed by atoms with Gasteiger partial charge in [-0.05, 0) is 66.3 Å². The Bertz CT molecular complexity index is 659. The lowest BCUT2D eigenvalue weighted by atomic mass is 10.1. The van der Waals surface area contributed by atoms with E-state index >= 15 is 0 Å². The largest absolute Gasteiger partial charge is 0.508 e. The fourth-order valence-electron chi connectivity index (χ4n) is 3.10. The molecule has 0 spiro atoms. The zero-order valence-corrected chi connectivity index (χ0v) is 13.1. The molecular formula is C18H20ClNO2. The predicted octanol–water partition coefficient (Wildman–Crippen LogP) is 3.08. The van der Waals surface area contributed by atoms with E-state index in [1.165, 1.54) is 11.1 Å². The van der Waals surface area contributed by atoms with Gasteiger partial charge in [0.25, 0.3) is 0 Å². The maximum atomic E-state index is 10.2.